The highest BCUT2D eigenvalue weighted by Crippen LogP contribution is 2.14. The minimum absolute atomic E-state index is 0.130. The van der Waals surface area contributed by atoms with Gasteiger partial charge in [0.05, 0.1) is 5.75 Å². The molecule has 1 aromatic rings. The van der Waals surface area contributed by atoms with Crippen LogP contribution in [0.4, 0.5) is 0 Å². The van der Waals surface area contributed by atoms with Gasteiger partial charge in [0.25, 0.3) is 0 Å². The normalized spacial score (nSPS) is 11.9. The second-order valence-corrected chi connectivity index (χ2v) is 6.80. The Balaban J connectivity index is 2.36. The van der Waals surface area contributed by atoms with Crippen molar-refractivity contribution in [2.75, 3.05) is 18.8 Å². The summed E-state index contributed by atoms with van der Waals surface area (Å²) in [5, 5.41) is 2.99. The molecule has 1 aromatic heterocycles. The van der Waals surface area contributed by atoms with Gasteiger partial charge in [-0.15, -0.1) is 11.3 Å². The van der Waals surface area contributed by atoms with E-state index in [0.29, 0.717) is 13.1 Å². The Hall–Kier alpha value is -0.430. The van der Waals surface area contributed by atoms with Crippen LogP contribution in [0.1, 0.15) is 16.7 Å². The fourth-order valence-electron chi connectivity index (χ4n) is 1.22. The summed E-state index contributed by atoms with van der Waals surface area (Å²) in [6.45, 7) is 5.64. The number of hydrogen-bond acceptors (Lipinski definition) is 4. The number of rotatable bonds is 7. The third-order valence-corrected chi connectivity index (χ3v) is 4.39. The highest BCUT2D eigenvalue weighted by atomic mass is 32.2. The van der Waals surface area contributed by atoms with Gasteiger partial charge < -0.3 is 5.32 Å². The summed E-state index contributed by atoms with van der Waals surface area (Å²) in [6, 6.07) is 3.94. The molecule has 0 amide bonds. The first kappa shape index (κ1) is 13.6. The third-order valence-electron chi connectivity index (χ3n) is 2.06. The van der Waals surface area contributed by atoms with Crippen LogP contribution in [0.15, 0.2) is 12.1 Å². The lowest BCUT2D eigenvalue weighted by atomic mass is 10.4. The summed E-state index contributed by atoms with van der Waals surface area (Å²) < 4.78 is 25.7. The third kappa shape index (κ3) is 5.07. The van der Waals surface area contributed by atoms with E-state index in [9.17, 15) is 8.42 Å². The first-order valence-corrected chi connectivity index (χ1v) is 7.74. The molecule has 0 aromatic carbocycles. The van der Waals surface area contributed by atoms with Crippen molar-refractivity contribution >= 4 is 21.4 Å². The minimum atomic E-state index is -3.15. The van der Waals surface area contributed by atoms with Gasteiger partial charge in [-0.25, -0.2) is 13.1 Å². The molecular weight excluding hydrogens is 244 g/mol. The number of thiophene rings is 1. The van der Waals surface area contributed by atoms with E-state index in [1.165, 1.54) is 4.88 Å². The molecule has 0 fully saturated rings. The van der Waals surface area contributed by atoms with E-state index in [1.807, 2.05) is 26.0 Å². The molecule has 6 heteroatoms. The average Bonchev–Trinajstić information content (AvgIpc) is 2.62. The molecule has 0 bridgehead atoms. The van der Waals surface area contributed by atoms with Gasteiger partial charge in [-0.2, -0.15) is 0 Å². The topological polar surface area (TPSA) is 58.2 Å². The van der Waals surface area contributed by atoms with Gasteiger partial charge in [0.2, 0.25) is 10.0 Å². The van der Waals surface area contributed by atoms with Gasteiger partial charge in [-0.1, -0.05) is 6.92 Å². The highest BCUT2D eigenvalue weighted by molar-refractivity contribution is 7.89. The van der Waals surface area contributed by atoms with E-state index in [1.54, 1.807) is 11.3 Å². The molecule has 0 saturated carbocycles. The monoisotopic (exact) mass is 262 g/mol. The summed E-state index contributed by atoms with van der Waals surface area (Å²) in [5.74, 6) is 0.130. The predicted molar refractivity (Wildman–Crippen MR) is 68.2 cm³/mol. The van der Waals surface area contributed by atoms with Crippen molar-refractivity contribution in [1.82, 2.24) is 10.0 Å². The summed E-state index contributed by atoms with van der Waals surface area (Å²) in [4.78, 5) is 2.24. The molecule has 92 valence electrons. The first-order chi connectivity index (χ1) is 7.53. The molecule has 0 aliphatic heterocycles. The molecule has 0 aliphatic rings. The molecular formula is C10H18N2O2S2. The van der Waals surface area contributed by atoms with Crippen molar-refractivity contribution in [3.63, 3.8) is 0 Å². The Morgan fingerprint density at radius 3 is 2.69 bits per heavy atom. The number of nitrogens with one attached hydrogen (secondary N) is 2. The summed E-state index contributed by atoms with van der Waals surface area (Å²) in [6.07, 6.45) is 0. The van der Waals surface area contributed by atoms with Gasteiger partial charge >= 0.3 is 0 Å². The van der Waals surface area contributed by atoms with Crippen molar-refractivity contribution in [3.05, 3.63) is 21.9 Å². The Bertz CT molecular complexity index is 412. The zero-order valence-corrected chi connectivity index (χ0v) is 11.2. The van der Waals surface area contributed by atoms with Crippen LogP contribution < -0.4 is 10.0 Å². The van der Waals surface area contributed by atoms with Crippen molar-refractivity contribution in [3.8, 4) is 0 Å². The smallest absolute Gasteiger partial charge is 0.213 e. The minimum Gasteiger partial charge on any atom is -0.316 e. The molecule has 0 radical (unpaired) electrons. The van der Waals surface area contributed by atoms with Gasteiger partial charge in [0, 0.05) is 22.8 Å². The van der Waals surface area contributed by atoms with Gasteiger partial charge in [0.1, 0.15) is 0 Å². The fourth-order valence-corrected chi connectivity index (χ4v) is 3.07. The molecule has 1 heterocycles. The van der Waals surface area contributed by atoms with E-state index in [0.717, 1.165) is 11.4 Å². The molecule has 0 saturated heterocycles. The Labute approximate surface area is 101 Å². The van der Waals surface area contributed by atoms with Crippen LogP contribution >= 0.6 is 11.3 Å². The van der Waals surface area contributed by atoms with E-state index in [4.69, 9.17) is 0 Å². The van der Waals surface area contributed by atoms with Gasteiger partial charge in [0.15, 0.2) is 0 Å². The van der Waals surface area contributed by atoms with Crippen LogP contribution in [-0.2, 0) is 16.6 Å². The summed E-state index contributed by atoms with van der Waals surface area (Å²) in [7, 11) is -3.15. The van der Waals surface area contributed by atoms with Crippen LogP contribution in [-0.4, -0.2) is 27.3 Å². The maximum atomic E-state index is 11.5. The zero-order valence-electron chi connectivity index (χ0n) is 9.62. The lowest BCUT2D eigenvalue weighted by Crippen LogP contribution is -2.31. The van der Waals surface area contributed by atoms with Gasteiger partial charge in [-0.3, -0.25) is 0 Å². The van der Waals surface area contributed by atoms with Crippen LogP contribution in [0, 0.1) is 6.92 Å². The molecule has 1 rings (SSSR count). The molecule has 4 nitrogen and oxygen atoms in total. The predicted octanol–water partition coefficient (Wildman–Crippen LogP) is 1.09. The van der Waals surface area contributed by atoms with E-state index >= 15 is 0 Å². The average molecular weight is 262 g/mol. The Kier molecular flexibility index (Phi) is 5.40. The molecule has 2 N–H and O–H groups in total. The second kappa shape index (κ2) is 6.34. The fraction of sp³-hybridized carbons (Fsp3) is 0.600. The Morgan fingerprint density at radius 1 is 1.38 bits per heavy atom. The van der Waals surface area contributed by atoms with Crippen LogP contribution in [0.5, 0.6) is 0 Å². The highest BCUT2D eigenvalue weighted by Gasteiger charge is 2.09. The second-order valence-electron chi connectivity index (χ2n) is 3.51. The largest absolute Gasteiger partial charge is 0.316 e. The summed E-state index contributed by atoms with van der Waals surface area (Å²) in [5.41, 5.74) is 0. The maximum absolute atomic E-state index is 11.5. The quantitative estimate of drug-likeness (QED) is 0.723. The number of hydrogen-bond donors (Lipinski definition) is 2. The lowest BCUT2D eigenvalue weighted by molar-refractivity contribution is 0.578. The van der Waals surface area contributed by atoms with Crippen LogP contribution in [0.2, 0.25) is 0 Å². The molecule has 0 unspecified atom stereocenters. The van der Waals surface area contributed by atoms with Crippen LogP contribution in [0.25, 0.3) is 0 Å². The van der Waals surface area contributed by atoms with Crippen molar-refractivity contribution in [2.45, 2.75) is 20.4 Å². The Morgan fingerprint density at radius 2 is 2.12 bits per heavy atom. The molecule has 0 atom stereocenters. The number of aryl methyl sites for hydroxylation is 1. The first-order valence-electron chi connectivity index (χ1n) is 5.27. The van der Waals surface area contributed by atoms with E-state index in [-0.39, 0.29) is 5.75 Å². The molecule has 16 heavy (non-hydrogen) atoms. The van der Waals surface area contributed by atoms with Crippen molar-refractivity contribution < 1.29 is 8.42 Å². The SMILES string of the molecule is CCNCCS(=O)(=O)NCc1ccc(C)s1. The van der Waals surface area contributed by atoms with Crippen molar-refractivity contribution in [1.29, 1.82) is 0 Å². The summed E-state index contributed by atoms with van der Waals surface area (Å²) >= 11 is 1.61. The number of sulfonamides is 1. The molecule has 0 aliphatic carbocycles. The maximum Gasteiger partial charge on any atom is 0.213 e. The van der Waals surface area contributed by atoms with Gasteiger partial charge in [-0.05, 0) is 25.6 Å². The van der Waals surface area contributed by atoms with E-state index < -0.39 is 10.0 Å². The lowest BCUT2D eigenvalue weighted by Gasteiger charge is -2.05. The zero-order chi connectivity index (χ0) is 12.0. The van der Waals surface area contributed by atoms with Crippen molar-refractivity contribution in [2.24, 2.45) is 0 Å². The van der Waals surface area contributed by atoms with Crippen LogP contribution in [0.3, 0.4) is 0 Å². The molecule has 0 spiro atoms. The van der Waals surface area contributed by atoms with E-state index in [2.05, 4.69) is 10.0 Å². The standard InChI is InChI=1S/C10H18N2O2S2/c1-3-11-6-7-16(13,14)12-8-10-5-4-9(2)15-10/h4-5,11-12H,3,6-8H2,1-2H3.